The third kappa shape index (κ3) is 3.41. The molecule has 10 heteroatoms. The number of aromatic nitrogens is 5. The molecular formula is C11H12ClF3N6. The van der Waals surface area contributed by atoms with Crippen molar-refractivity contribution in [1.82, 2.24) is 24.7 Å². The average molecular weight is 321 g/mol. The molecule has 6 nitrogen and oxygen atoms in total. The topological polar surface area (TPSA) is 59.7 Å². The Morgan fingerprint density at radius 3 is 2.38 bits per heavy atom. The van der Waals surface area contributed by atoms with E-state index >= 15 is 0 Å². The molecule has 0 aliphatic heterocycles. The van der Waals surface area contributed by atoms with Gasteiger partial charge in [0.25, 0.3) is 5.95 Å². The molecule has 2 aromatic rings. The summed E-state index contributed by atoms with van der Waals surface area (Å²) >= 11 is 5.80. The zero-order valence-corrected chi connectivity index (χ0v) is 12.0. The second-order valence-electron chi connectivity index (χ2n) is 4.05. The molecule has 114 valence electrons. The molecule has 0 atom stereocenters. The fraction of sp³-hybridized carbons (Fsp3) is 0.455. The highest BCUT2D eigenvalue weighted by Crippen LogP contribution is 2.29. The second-order valence-corrected chi connectivity index (χ2v) is 4.39. The quantitative estimate of drug-likeness (QED) is 0.866. The minimum absolute atomic E-state index is 0.0626. The molecule has 0 aliphatic carbocycles. The minimum Gasteiger partial charge on any atom is -0.341 e. The van der Waals surface area contributed by atoms with E-state index < -0.39 is 11.7 Å². The fourth-order valence-corrected chi connectivity index (χ4v) is 1.81. The van der Waals surface area contributed by atoms with Crippen LogP contribution in [0.5, 0.6) is 0 Å². The van der Waals surface area contributed by atoms with Crippen molar-refractivity contribution < 1.29 is 13.2 Å². The Balaban J connectivity index is 2.42. The first-order chi connectivity index (χ1) is 9.85. The summed E-state index contributed by atoms with van der Waals surface area (Å²) in [5.74, 6) is 0.228. The Morgan fingerprint density at radius 2 is 1.86 bits per heavy atom. The van der Waals surface area contributed by atoms with Crippen molar-refractivity contribution in [2.24, 2.45) is 0 Å². The van der Waals surface area contributed by atoms with Crippen LogP contribution in [-0.4, -0.2) is 37.8 Å². The van der Waals surface area contributed by atoms with Gasteiger partial charge in [-0.05, 0) is 25.4 Å². The standard InChI is InChI=1S/C11H12ClF3N6/c1-3-20(4-2)9-17-8(12)18-10(19-9)21-6-7(5-16-21)11(13,14)15/h5-6H,3-4H2,1-2H3. The van der Waals surface area contributed by atoms with Crippen LogP contribution >= 0.6 is 11.6 Å². The summed E-state index contributed by atoms with van der Waals surface area (Å²) in [5.41, 5.74) is -0.886. The van der Waals surface area contributed by atoms with Crippen LogP contribution in [-0.2, 0) is 6.18 Å². The van der Waals surface area contributed by atoms with Crippen LogP contribution in [0, 0.1) is 0 Å². The first-order valence-electron chi connectivity index (χ1n) is 6.14. The van der Waals surface area contributed by atoms with Gasteiger partial charge in [0.15, 0.2) is 0 Å². The first kappa shape index (κ1) is 15.5. The molecule has 0 amide bonds. The van der Waals surface area contributed by atoms with Crippen molar-refractivity contribution >= 4 is 17.5 Å². The molecule has 2 heterocycles. The Hall–Kier alpha value is -1.90. The molecule has 0 fully saturated rings. The lowest BCUT2D eigenvalue weighted by Crippen LogP contribution is -2.25. The Morgan fingerprint density at radius 1 is 1.19 bits per heavy atom. The lowest BCUT2D eigenvalue weighted by molar-refractivity contribution is -0.137. The molecule has 0 saturated carbocycles. The SMILES string of the molecule is CCN(CC)c1nc(Cl)nc(-n2cc(C(F)(F)F)cn2)n1. The fourth-order valence-electron chi connectivity index (χ4n) is 1.66. The number of anilines is 1. The molecule has 0 saturated heterocycles. The van der Waals surface area contributed by atoms with E-state index in [1.807, 2.05) is 13.8 Å². The van der Waals surface area contributed by atoms with Crippen molar-refractivity contribution in [3.05, 3.63) is 23.2 Å². The second kappa shape index (κ2) is 5.84. The highest BCUT2D eigenvalue weighted by molar-refractivity contribution is 6.28. The van der Waals surface area contributed by atoms with E-state index in [1.165, 1.54) is 0 Å². The lowest BCUT2D eigenvalue weighted by Gasteiger charge is -2.18. The van der Waals surface area contributed by atoms with E-state index in [0.29, 0.717) is 25.2 Å². The zero-order valence-electron chi connectivity index (χ0n) is 11.3. The summed E-state index contributed by atoms with van der Waals surface area (Å²) in [6.07, 6.45) is -2.97. The maximum atomic E-state index is 12.6. The van der Waals surface area contributed by atoms with E-state index in [-0.39, 0.29) is 11.2 Å². The van der Waals surface area contributed by atoms with E-state index in [0.717, 1.165) is 10.9 Å². The summed E-state index contributed by atoms with van der Waals surface area (Å²) in [6, 6.07) is 0. The van der Waals surface area contributed by atoms with Crippen molar-refractivity contribution in [2.75, 3.05) is 18.0 Å². The van der Waals surface area contributed by atoms with Crippen molar-refractivity contribution in [2.45, 2.75) is 20.0 Å². The number of rotatable bonds is 4. The van der Waals surface area contributed by atoms with Crippen LogP contribution in [0.3, 0.4) is 0 Å². The third-order valence-corrected chi connectivity index (χ3v) is 2.91. The van der Waals surface area contributed by atoms with Gasteiger partial charge < -0.3 is 4.90 Å². The van der Waals surface area contributed by atoms with E-state index in [4.69, 9.17) is 11.6 Å². The Bertz CT molecular complexity index is 623. The molecule has 0 bridgehead atoms. The van der Waals surface area contributed by atoms with Gasteiger partial charge in [0.05, 0.1) is 11.8 Å². The maximum absolute atomic E-state index is 12.6. The average Bonchev–Trinajstić information content (AvgIpc) is 2.89. The largest absolute Gasteiger partial charge is 0.419 e. The van der Waals surface area contributed by atoms with E-state index in [9.17, 15) is 13.2 Å². The molecule has 2 aromatic heterocycles. The van der Waals surface area contributed by atoms with Gasteiger partial charge >= 0.3 is 6.18 Å². The number of hydrogen-bond donors (Lipinski definition) is 0. The lowest BCUT2D eigenvalue weighted by atomic mass is 10.4. The van der Waals surface area contributed by atoms with Gasteiger partial charge in [0.2, 0.25) is 11.2 Å². The molecule has 0 aromatic carbocycles. The molecule has 0 N–H and O–H groups in total. The van der Waals surface area contributed by atoms with Crippen LogP contribution in [0.2, 0.25) is 5.28 Å². The van der Waals surface area contributed by atoms with E-state index in [1.54, 1.807) is 4.90 Å². The van der Waals surface area contributed by atoms with Crippen LogP contribution in [0.1, 0.15) is 19.4 Å². The van der Waals surface area contributed by atoms with Gasteiger partial charge in [-0.25, -0.2) is 4.68 Å². The molecule has 0 aliphatic rings. The van der Waals surface area contributed by atoms with Crippen molar-refractivity contribution in [3.63, 3.8) is 0 Å². The minimum atomic E-state index is -4.48. The Labute approximate surface area is 123 Å². The molecule has 2 rings (SSSR count). The number of alkyl halides is 3. The summed E-state index contributed by atoms with van der Waals surface area (Å²) in [7, 11) is 0. The summed E-state index contributed by atoms with van der Waals surface area (Å²) in [4.78, 5) is 13.7. The van der Waals surface area contributed by atoms with Gasteiger partial charge in [0.1, 0.15) is 0 Å². The monoisotopic (exact) mass is 320 g/mol. The molecule has 0 radical (unpaired) electrons. The number of nitrogens with zero attached hydrogens (tertiary/aromatic N) is 6. The predicted octanol–water partition coefficient (Wildman–Crippen LogP) is 2.58. The summed E-state index contributed by atoms with van der Waals surface area (Å²) < 4.78 is 38.6. The van der Waals surface area contributed by atoms with Crippen molar-refractivity contribution in [1.29, 1.82) is 0 Å². The van der Waals surface area contributed by atoms with Gasteiger partial charge in [0, 0.05) is 19.3 Å². The number of hydrogen-bond acceptors (Lipinski definition) is 5. The summed E-state index contributed by atoms with van der Waals surface area (Å²) in [5, 5.41) is 3.51. The van der Waals surface area contributed by atoms with Crippen LogP contribution in [0.4, 0.5) is 19.1 Å². The van der Waals surface area contributed by atoms with Gasteiger partial charge in [-0.3, -0.25) is 0 Å². The third-order valence-electron chi connectivity index (χ3n) is 2.75. The Kier molecular flexibility index (Phi) is 4.31. The van der Waals surface area contributed by atoms with Crippen molar-refractivity contribution in [3.8, 4) is 5.95 Å². The van der Waals surface area contributed by atoms with Crippen LogP contribution in [0.25, 0.3) is 5.95 Å². The predicted molar refractivity (Wildman–Crippen MR) is 70.5 cm³/mol. The van der Waals surface area contributed by atoms with Gasteiger partial charge in [-0.15, -0.1) is 0 Å². The highest BCUT2D eigenvalue weighted by atomic mass is 35.5. The maximum Gasteiger partial charge on any atom is 0.419 e. The molecule has 0 unspecified atom stereocenters. The number of halogens is 4. The molecule has 0 spiro atoms. The summed E-state index contributed by atoms with van der Waals surface area (Å²) in [6.45, 7) is 5.06. The van der Waals surface area contributed by atoms with E-state index in [2.05, 4.69) is 20.1 Å². The normalized spacial score (nSPS) is 11.7. The van der Waals surface area contributed by atoms with Gasteiger partial charge in [-0.2, -0.15) is 33.2 Å². The molecule has 21 heavy (non-hydrogen) atoms. The zero-order chi connectivity index (χ0) is 15.6. The smallest absolute Gasteiger partial charge is 0.341 e. The van der Waals surface area contributed by atoms with Crippen LogP contribution < -0.4 is 4.90 Å². The van der Waals surface area contributed by atoms with Gasteiger partial charge in [-0.1, -0.05) is 0 Å². The van der Waals surface area contributed by atoms with Crippen LogP contribution in [0.15, 0.2) is 12.4 Å². The molecular weight excluding hydrogens is 309 g/mol. The highest BCUT2D eigenvalue weighted by Gasteiger charge is 2.32. The first-order valence-corrected chi connectivity index (χ1v) is 6.51.